The first kappa shape index (κ1) is 12.4. The van der Waals surface area contributed by atoms with E-state index < -0.39 is 0 Å². The highest BCUT2D eigenvalue weighted by Crippen LogP contribution is 2.10. The van der Waals surface area contributed by atoms with Crippen LogP contribution in [-0.2, 0) is 6.42 Å². The number of nitrogen functional groups attached to an aromatic ring is 1. The van der Waals surface area contributed by atoms with Crippen molar-refractivity contribution >= 4 is 5.69 Å². The minimum atomic E-state index is 0.676. The summed E-state index contributed by atoms with van der Waals surface area (Å²) in [5.41, 5.74) is 7.91. The third kappa shape index (κ3) is 3.45. The van der Waals surface area contributed by atoms with Gasteiger partial charge in [0.05, 0.1) is 0 Å². The number of nitrogens with zero attached hydrogens (tertiary/aromatic N) is 2. The zero-order chi connectivity index (χ0) is 12.3. The van der Waals surface area contributed by atoms with Crippen molar-refractivity contribution in [2.45, 2.75) is 19.4 Å². The standard InChI is InChI=1S/C14H23N3/c1-12-11-17(10-9-16(12)2)8-7-13-3-5-14(15)6-4-13/h3-6,12H,7-11,15H2,1-2H3. The molecule has 3 heteroatoms. The molecule has 0 aliphatic carbocycles. The summed E-state index contributed by atoms with van der Waals surface area (Å²) in [6.45, 7) is 7.02. The fourth-order valence-electron chi connectivity index (χ4n) is 2.30. The van der Waals surface area contributed by atoms with Gasteiger partial charge in [-0.05, 0) is 38.1 Å². The normalized spacial score (nSPS) is 22.8. The second-order valence-corrected chi connectivity index (χ2v) is 5.12. The molecule has 1 aromatic carbocycles. The second-order valence-electron chi connectivity index (χ2n) is 5.12. The van der Waals surface area contributed by atoms with Crippen LogP contribution in [0.25, 0.3) is 0 Å². The van der Waals surface area contributed by atoms with Crippen LogP contribution in [0.2, 0.25) is 0 Å². The maximum atomic E-state index is 5.68. The van der Waals surface area contributed by atoms with Crippen molar-refractivity contribution in [1.82, 2.24) is 9.80 Å². The summed E-state index contributed by atoms with van der Waals surface area (Å²) >= 11 is 0. The molecule has 1 saturated heterocycles. The monoisotopic (exact) mass is 233 g/mol. The molecule has 2 rings (SSSR count). The topological polar surface area (TPSA) is 32.5 Å². The lowest BCUT2D eigenvalue weighted by molar-refractivity contribution is 0.106. The van der Waals surface area contributed by atoms with Crippen LogP contribution in [0.15, 0.2) is 24.3 Å². The predicted octanol–water partition coefficient (Wildman–Crippen LogP) is 1.45. The van der Waals surface area contributed by atoms with Gasteiger partial charge in [0.25, 0.3) is 0 Å². The van der Waals surface area contributed by atoms with Crippen LogP contribution in [0, 0.1) is 0 Å². The van der Waals surface area contributed by atoms with Crippen molar-refractivity contribution in [3.63, 3.8) is 0 Å². The summed E-state index contributed by atoms with van der Waals surface area (Å²) in [5.74, 6) is 0. The molecule has 0 amide bonds. The predicted molar refractivity (Wildman–Crippen MR) is 73.1 cm³/mol. The lowest BCUT2D eigenvalue weighted by Gasteiger charge is -2.37. The number of piperazine rings is 1. The first-order valence-electron chi connectivity index (χ1n) is 6.42. The molecule has 0 radical (unpaired) electrons. The lowest BCUT2D eigenvalue weighted by atomic mass is 10.1. The lowest BCUT2D eigenvalue weighted by Crippen LogP contribution is -2.50. The zero-order valence-electron chi connectivity index (χ0n) is 10.9. The van der Waals surface area contributed by atoms with Gasteiger partial charge in [-0.25, -0.2) is 0 Å². The maximum absolute atomic E-state index is 5.68. The highest BCUT2D eigenvalue weighted by atomic mass is 15.3. The van der Waals surface area contributed by atoms with Crippen molar-refractivity contribution < 1.29 is 0 Å². The van der Waals surface area contributed by atoms with E-state index in [1.807, 2.05) is 12.1 Å². The largest absolute Gasteiger partial charge is 0.399 e. The molecule has 1 fully saturated rings. The fraction of sp³-hybridized carbons (Fsp3) is 0.571. The number of rotatable bonds is 3. The summed E-state index contributed by atoms with van der Waals surface area (Å²) in [7, 11) is 2.21. The zero-order valence-corrected chi connectivity index (χ0v) is 10.9. The van der Waals surface area contributed by atoms with Crippen molar-refractivity contribution in [2.75, 3.05) is 39.0 Å². The van der Waals surface area contributed by atoms with E-state index in [-0.39, 0.29) is 0 Å². The highest BCUT2D eigenvalue weighted by Gasteiger charge is 2.19. The van der Waals surface area contributed by atoms with E-state index >= 15 is 0 Å². The Balaban J connectivity index is 1.80. The number of hydrogen-bond donors (Lipinski definition) is 1. The Morgan fingerprint density at radius 2 is 1.94 bits per heavy atom. The van der Waals surface area contributed by atoms with Gasteiger partial charge in [-0.2, -0.15) is 0 Å². The summed E-state index contributed by atoms with van der Waals surface area (Å²) in [5, 5.41) is 0. The average molecular weight is 233 g/mol. The van der Waals surface area contributed by atoms with Gasteiger partial charge in [0, 0.05) is 37.9 Å². The first-order chi connectivity index (χ1) is 8.15. The molecular weight excluding hydrogens is 210 g/mol. The Morgan fingerprint density at radius 1 is 1.24 bits per heavy atom. The van der Waals surface area contributed by atoms with Gasteiger partial charge in [-0.3, -0.25) is 0 Å². The van der Waals surface area contributed by atoms with Crippen molar-refractivity contribution in [2.24, 2.45) is 0 Å². The van der Waals surface area contributed by atoms with Crippen LogP contribution in [0.5, 0.6) is 0 Å². The van der Waals surface area contributed by atoms with E-state index in [0.29, 0.717) is 6.04 Å². The molecule has 1 aliphatic rings. The summed E-state index contributed by atoms with van der Waals surface area (Å²) in [6, 6.07) is 8.92. The van der Waals surface area contributed by atoms with E-state index in [2.05, 4.69) is 35.9 Å². The summed E-state index contributed by atoms with van der Waals surface area (Å²) in [4.78, 5) is 4.99. The molecule has 1 unspecified atom stereocenters. The van der Waals surface area contributed by atoms with Gasteiger partial charge >= 0.3 is 0 Å². The minimum Gasteiger partial charge on any atom is -0.399 e. The summed E-state index contributed by atoms with van der Waals surface area (Å²) in [6.07, 6.45) is 1.12. The van der Waals surface area contributed by atoms with Crippen molar-refractivity contribution in [3.05, 3.63) is 29.8 Å². The summed E-state index contributed by atoms with van der Waals surface area (Å²) < 4.78 is 0. The second kappa shape index (κ2) is 5.52. The molecule has 94 valence electrons. The van der Waals surface area contributed by atoms with E-state index in [9.17, 15) is 0 Å². The van der Waals surface area contributed by atoms with Gasteiger partial charge < -0.3 is 15.5 Å². The Hall–Kier alpha value is -1.06. The van der Waals surface area contributed by atoms with Crippen molar-refractivity contribution in [3.8, 4) is 0 Å². The number of hydrogen-bond acceptors (Lipinski definition) is 3. The third-order valence-corrected chi connectivity index (χ3v) is 3.74. The van der Waals surface area contributed by atoms with Crippen LogP contribution in [0.3, 0.4) is 0 Å². The SMILES string of the molecule is CC1CN(CCc2ccc(N)cc2)CCN1C. The van der Waals surface area contributed by atoms with Gasteiger partial charge in [-0.1, -0.05) is 12.1 Å². The number of likely N-dealkylation sites (N-methyl/N-ethyl adjacent to an activating group) is 1. The first-order valence-corrected chi connectivity index (χ1v) is 6.42. The molecule has 2 N–H and O–H groups in total. The van der Waals surface area contributed by atoms with Gasteiger partial charge in [0.15, 0.2) is 0 Å². The number of anilines is 1. The van der Waals surface area contributed by atoms with E-state index in [4.69, 9.17) is 5.73 Å². The van der Waals surface area contributed by atoms with Gasteiger partial charge in [-0.15, -0.1) is 0 Å². The molecule has 1 atom stereocenters. The molecule has 1 heterocycles. The van der Waals surface area contributed by atoms with Crippen LogP contribution in [0.1, 0.15) is 12.5 Å². The van der Waals surface area contributed by atoms with Crippen LogP contribution in [0.4, 0.5) is 5.69 Å². The van der Waals surface area contributed by atoms with Crippen molar-refractivity contribution in [1.29, 1.82) is 0 Å². The maximum Gasteiger partial charge on any atom is 0.0314 e. The van der Waals surface area contributed by atoms with Gasteiger partial charge in [0.2, 0.25) is 0 Å². The van der Waals surface area contributed by atoms with Crippen LogP contribution in [-0.4, -0.2) is 49.1 Å². The Morgan fingerprint density at radius 3 is 2.59 bits per heavy atom. The van der Waals surface area contributed by atoms with E-state index in [1.165, 1.54) is 25.2 Å². The molecule has 1 aliphatic heterocycles. The van der Waals surface area contributed by atoms with Gasteiger partial charge in [0.1, 0.15) is 0 Å². The molecular formula is C14H23N3. The molecule has 0 spiro atoms. The third-order valence-electron chi connectivity index (χ3n) is 3.74. The highest BCUT2D eigenvalue weighted by molar-refractivity contribution is 5.39. The molecule has 0 bridgehead atoms. The van der Waals surface area contributed by atoms with Crippen LogP contribution >= 0.6 is 0 Å². The molecule has 3 nitrogen and oxygen atoms in total. The van der Waals surface area contributed by atoms with E-state index in [0.717, 1.165) is 18.7 Å². The quantitative estimate of drug-likeness (QED) is 0.802. The molecule has 0 aromatic heterocycles. The number of benzene rings is 1. The Labute approximate surface area is 104 Å². The average Bonchev–Trinajstić information content (AvgIpc) is 2.33. The fourth-order valence-corrected chi connectivity index (χ4v) is 2.30. The smallest absolute Gasteiger partial charge is 0.0314 e. The molecule has 17 heavy (non-hydrogen) atoms. The van der Waals surface area contributed by atoms with Crippen LogP contribution < -0.4 is 5.73 Å². The Kier molecular flexibility index (Phi) is 4.02. The molecule has 0 saturated carbocycles. The number of nitrogens with two attached hydrogens (primary N) is 1. The molecule has 1 aromatic rings. The van der Waals surface area contributed by atoms with E-state index in [1.54, 1.807) is 0 Å². The minimum absolute atomic E-state index is 0.676. The Bertz CT molecular complexity index is 347.